The Morgan fingerprint density at radius 1 is 1.25 bits per heavy atom. The number of carbonyl (C=O) groups excluding carboxylic acids is 2. The molecule has 0 aliphatic rings. The number of aliphatic hydroxyl groups excluding tert-OH is 1. The number of fused-ring (bicyclic) bond motifs is 1. The Balaban J connectivity index is 1.72. The van der Waals surface area contributed by atoms with Gasteiger partial charge in [-0.1, -0.05) is 17.4 Å². The number of hydrogen-bond donors (Lipinski definition) is 4. The van der Waals surface area contributed by atoms with E-state index in [0.717, 1.165) is 4.88 Å². The Hall–Kier alpha value is -3.45. The van der Waals surface area contributed by atoms with Gasteiger partial charge in [-0.25, -0.2) is 14.2 Å². The molecule has 0 aliphatic heterocycles. The van der Waals surface area contributed by atoms with E-state index in [4.69, 9.17) is 0 Å². The molecule has 1 unspecified atom stereocenters. The largest absolute Gasteiger partial charge is 0.468 e. The van der Waals surface area contributed by atoms with E-state index in [-0.39, 0.29) is 10.6 Å². The molecule has 36 heavy (non-hydrogen) atoms. The number of carbonyl (C=O) groups is 2. The second kappa shape index (κ2) is 11.5. The van der Waals surface area contributed by atoms with Gasteiger partial charge in [0.05, 0.1) is 24.1 Å². The number of anilines is 1. The molecule has 4 rings (SSSR count). The number of hydrogen-bond acceptors (Lipinski definition) is 9. The zero-order chi connectivity index (χ0) is 25.7. The molecule has 2 amide bonds. The second-order valence-corrected chi connectivity index (χ2v) is 9.62. The molecule has 12 heteroatoms. The molecule has 3 aromatic heterocycles. The minimum absolute atomic E-state index is 0.141. The first-order valence-corrected chi connectivity index (χ1v) is 12.7. The van der Waals surface area contributed by atoms with Crippen molar-refractivity contribution in [2.75, 3.05) is 25.6 Å². The summed E-state index contributed by atoms with van der Waals surface area (Å²) in [6, 6.07) is 7.76. The third-order valence-corrected chi connectivity index (χ3v) is 7.20. The standard InChI is InChI=1S/C24H24FN5O4S2/c1-3-26-23(33)30-24-29-20-19(25)15(9-16(21(20)36-24)17-6-4-5-7-27-17)13-8-14(35-12-13)10-28-18(11-31)22(32)34-2/h4-9,12,18,28,31H,3,10-11H2,1-2H3,(H2,26,29,30,33). The Morgan fingerprint density at radius 2 is 2.08 bits per heavy atom. The Morgan fingerprint density at radius 3 is 2.78 bits per heavy atom. The quantitative estimate of drug-likeness (QED) is 0.242. The van der Waals surface area contributed by atoms with Crippen LogP contribution in [0.2, 0.25) is 0 Å². The van der Waals surface area contributed by atoms with Gasteiger partial charge < -0.3 is 15.2 Å². The monoisotopic (exact) mass is 529 g/mol. The van der Waals surface area contributed by atoms with E-state index in [1.807, 2.05) is 23.6 Å². The fourth-order valence-corrected chi connectivity index (χ4v) is 5.35. The van der Waals surface area contributed by atoms with Gasteiger partial charge in [0.15, 0.2) is 10.9 Å². The predicted octanol–water partition coefficient (Wildman–Crippen LogP) is 3.99. The van der Waals surface area contributed by atoms with E-state index < -0.39 is 30.5 Å². The number of halogens is 1. The molecule has 9 nitrogen and oxygen atoms in total. The Bertz CT molecular complexity index is 1380. The molecular formula is C24H24FN5O4S2. The first-order chi connectivity index (χ1) is 17.4. The fraction of sp³-hybridized carbons (Fsp3) is 0.250. The second-order valence-electron chi connectivity index (χ2n) is 7.62. The highest BCUT2D eigenvalue weighted by atomic mass is 32.1. The fourth-order valence-electron chi connectivity index (χ4n) is 3.53. The first-order valence-electron chi connectivity index (χ1n) is 11.0. The lowest BCUT2D eigenvalue weighted by molar-refractivity contribution is -0.144. The highest BCUT2D eigenvalue weighted by Gasteiger charge is 2.22. The number of ether oxygens (including phenoxy) is 1. The van der Waals surface area contributed by atoms with Crippen molar-refractivity contribution in [3.63, 3.8) is 0 Å². The van der Waals surface area contributed by atoms with Crippen molar-refractivity contribution in [1.82, 2.24) is 20.6 Å². The third-order valence-electron chi connectivity index (χ3n) is 5.26. The van der Waals surface area contributed by atoms with Gasteiger partial charge in [-0.15, -0.1) is 11.3 Å². The van der Waals surface area contributed by atoms with E-state index in [0.29, 0.717) is 40.2 Å². The van der Waals surface area contributed by atoms with Crippen molar-refractivity contribution in [3.8, 4) is 22.4 Å². The highest BCUT2D eigenvalue weighted by molar-refractivity contribution is 7.22. The Labute approximate surface area is 214 Å². The molecule has 0 radical (unpaired) electrons. The molecule has 0 aliphatic carbocycles. The van der Waals surface area contributed by atoms with Crippen LogP contribution in [0.5, 0.6) is 0 Å². The summed E-state index contributed by atoms with van der Waals surface area (Å²) in [4.78, 5) is 33.3. The molecule has 1 atom stereocenters. The number of amides is 2. The summed E-state index contributed by atoms with van der Waals surface area (Å²) >= 11 is 2.57. The lowest BCUT2D eigenvalue weighted by atomic mass is 10.0. The Kier molecular flexibility index (Phi) is 8.21. The van der Waals surface area contributed by atoms with Gasteiger partial charge in [0.1, 0.15) is 11.6 Å². The van der Waals surface area contributed by atoms with Crippen LogP contribution in [-0.4, -0.2) is 53.4 Å². The SMILES string of the molecule is CCNC(=O)Nc1nc2c(F)c(-c3csc(CNC(CO)C(=O)OC)c3)cc(-c3ccccn3)c2s1. The van der Waals surface area contributed by atoms with Crippen LogP contribution < -0.4 is 16.0 Å². The lowest BCUT2D eigenvalue weighted by Gasteiger charge is -2.12. The van der Waals surface area contributed by atoms with Crippen LogP contribution in [0.4, 0.5) is 14.3 Å². The van der Waals surface area contributed by atoms with Crippen molar-refractivity contribution in [2.24, 2.45) is 0 Å². The highest BCUT2D eigenvalue weighted by Crippen LogP contribution is 2.41. The van der Waals surface area contributed by atoms with Crippen LogP contribution in [0.25, 0.3) is 32.6 Å². The number of aliphatic hydroxyl groups is 1. The molecule has 0 spiro atoms. The van der Waals surface area contributed by atoms with Crippen molar-refractivity contribution >= 4 is 50.0 Å². The molecule has 4 aromatic rings. The molecule has 188 valence electrons. The van der Waals surface area contributed by atoms with Crippen molar-refractivity contribution in [1.29, 1.82) is 0 Å². The number of nitrogens with one attached hydrogen (secondary N) is 3. The van der Waals surface area contributed by atoms with E-state index in [1.165, 1.54) is 29.8 Å². The van der Waals surface area contributed by atoms with E-state index in [2.05, 4.69) is 30.7 Å². The molecule has 0 saturated carbocycles. The number of aromatic nitrogens is 2. The van der Waals surface area contributed by atoms with Crippen molar-refractivity contribution < 1.29 is 23.8 Å². The number of rotatable bonds is 9. The maximum absolute atomic E-state index is 15.8. The van der Waals surface area contributed by atoms with E-state index >= 15 is 4.39 Å². The minimum atomic E-state index is -0.852. The molecule has 4 N–H and O–H groups in total. The van der Waals surface area contributed by atoms with Gasteiger partial charge in [0, 0.05) is 35.3 Å². The van der Waals surface area contributed by atoms with Gasteiger partial charge >= 0.3 is 12.0 Å². The third kappa shape index (κ3) is 5.51. The van der Waals surface area contributed by atoms with Crippen molar-refractivity contribution in [2.45, 2.75) is 19.5 Å². The molecule has 0 saturated heterocycles. The van der Waals surface area contributed by atoms with Gasteiger partial charge in [-0.2, -0.15) is 0 Å². The van der Waals surface area contributed by atoms with Crippen LogP contribution in [0.1, 0.15) is 11.8 Å². The number of benzene rings is 1. The normalized spacial score (nSPS) is 11.9. The summed E-state index contributed by atoms with van der Waals surface area (Å²) in [7, 11) is 1.25. The van der Waals surface area contributed by atoms with Crippen LogP contribution >= 0.6 is 22.7 Å². The van der Waals surface area contributed by atoms with Crippen LogP contribution in [0.3, 0.4) is 0 Å². The molecular weight excluding hydrogens is 505 g/mol. The predicted molar refractivity (Wildman–Crippen MR) is 139 cm³/mol. The molecule has 0 fully saturated rings. The summed E-state index contributed by atoms with van der Waals surface area (Å²) in [5.74, 6) is -1.07. The van der Waals surface area contributed by atoms with E-state index in [1.54, 1.807) is 25.3 Å². The maximum atomic E-state index is 15.8. The number of esters is 1. The molecule has 3 heterocycles. The van der Waals surface area contributed by atoms with Gasteiger partial charge in [0.25, 0.3) is 0 Å². The number of methoxy groups -OCH3 is 1. The van der Waals surface area contributed by atoms with Gasteiger partial charge in [-0.3, -0.25) is 20.4 Å². The molecule has 0 bridgehead atoms. The number of thiazole rings is 1. The smallest absolute Gasteiger partial charge is 0.325 e. The first kappa shape index (κ1) is 25.6. The topological polar surface area (TPSA) is 125 Å². The molecule has 1 aromatic carbocycles. The number of nitrogens with zero attached hydrogens (tertiary/aromatic N) is 2. The minimum Gasteiger partial charge on any atom is -0.468 e. The summed E-state index contributed by atoms with van der Waals surface area (Å²) in [6.45, 7) is 2.13. The van der Waals surface area contributed by atoms with Crippen molar-refractivity contribution in [3.05, 3.63) is 52.6 Å². The summed E-state index contributed by atoms with van der Waals surface area (Å²) in [5.41, 5.74) is 2.46. The average Bonchev–Trinajstić information content (AvgIpc) is 3.53. The van der Waals surface area contributed by atoms with Gasteiger partial charge in [-0.05, 0) is 42.1 Å². The maximum Gasteiger partial charge on any atom is 0.325 e. The summed E-state index contributed by atoms with van der Waals surface area (Å²) < 4.78 is 21.0. The van der Waals surface area contributed by atoms with Crippen LogP contribution in [-0.2, 0) is 16.1 Å². The zero-order valence-electron chi connectivity index (χ0n) is 19.5. The number of thiophene rings is 1. The zero-order valence-corrected chi connectivity index (χ0v) is 21.1. The van der Waals surface area contributed by atoms with E-state index in [9.17, 15) is 14.7 Å². The van der Waals surface area contributed by atoms with Gasteiger partial charge in [0.2, 0.25) is 0 Å². The van der Waals surface area contributed by atoms with Crippen LogP contribution in [0, 0.1) is 5.82 Å². The number of urea groups is 1. The lowest BCUT2D eigenvalue weighted by Crippen LogP contribution is -2.39. The summed E-state index contributed by atoms with van der Waals surface area (Å²) in [5, 5.41) is 19.7. The summed E-state index contributed by atoms with van der Waals surface area (Å²) in [6.07, 6.45) is 1.66. The average molecular weight is 530 g/mol. The number of pyridine rings is 1. The van der Waals surface area contributed by atoms with Crippen LogP contribution in [0.15, 0.2) is 41.9 Å².